The predicted molar refractivity (Wildman–Crippen MR) is 102 cm³/mol. The lowest BCUT2D eigenvalue weighted by Crippen LogP contribution is -3.16. The quantitative estimate of drug-likeness (QED) is 0.805. The predicted octanol–water partition coefficient (Wildman–Crippen LogP) is -0.230. The van der Waals surface area contributed by atoms with Gasteiger partial charge in [-0.25, -0.2) is 0 Å². The van der Waals surface area contributed by atoms with E-state index >= 15 is 0 Å². The molecule has 144 valence electrons. The number of piperazine rings is 1. The number of benzene rings is 1. The van der Waals surface area contributed by atoms with Crippen molar-refractivity contribution in [1.29, 1.82) is 0 Å². The molecule has 1 aromatic heterocycles. The molecule has 3 heterocycles. The summed E-state index contributed by atoms with van der Waals surface area (Å²) in [4.78, 5) is 18.3. The standard InChI is InChI=1S/C19H27N7O/c27-18(24-10-6-1-2-7-11-24)16-23-12-14-25(15-13-23)19-20-21-22-26(19)17-8-4-3-5-9-17/h3-5,8-9H,1-2,6-7,10-16H2/p+1. The molecule has 1 N–H and O–H groups in total. The summed E-state index contributed by atoms with van der Waals surface area (Å²) in [6.07, 6.45) is 4.81. The van der Waals surface area contributed by atoms with E-state index in [9.17, 15) is 4.79 Å². The zero-order valence-corrected chi connectivity index (χ0v) is 15.8. The van der Waals surface area contributed by atoms with Crippen molar-refractivity contribution in [3.05, 3.63) is 30.3 Å². The number of nitrogens with one attached hydrogen (secondary N) is 1. The van der Waals surface area contributed by atoms with Gasteiger partial charge in [-0.1, -0.05) is 36.1 Å². The number of carbonyl (C=O) groups excluding carboxylic acids is 1. The van der Waals surface area contributed by atoms with Crippen molar-refractivity contribution in [3.63, 3.8) is 0 Å². The van der Waals surface area contributed by atoms with Gasteiger partial charge in [0, 0.05) is 13.1 Å². The van der Waals surface area contributed by atoms with E-state index < -0.39 is 0 Å². The maximum atomic E-state index is 12.6. The molecule has 0 aliphatic carbocycles. The topological polar surface area (TPSA) is 71.6 Å². The molecule has 2 fully saturated rings. The van der Waals surface area contributed by atoms with E-state index in [0.29, 0.717) is 12.5 Å². The van der Waals surface area contributed by atoms with Gasteiger partial charge in [0.25, 0.3) is 11.9 Å². The summed E-state index contributed by atoms with van der Waals surface area (Å²) in [5.41, 5.74) is 0.962. The largest absolute Gasteiger partial charge is 0.338 e. The Hall–Kier alpha value is -2.48. The van der Waals surface area contributed by atoms with Crippen LogP contribution in [0.1, 0.15) is 25.7 Å². The van der Waals surface area contributed by atoms with Crippen LogP contribution in [0.25, 0.3) is 5.69 Å². The molecule has 27 heavy (non-hydrogen) atoms. The van der Waals surface area contributed by atoms with Crippen LogP contribution in [0.15, 0.2) is 30.3 Å². The molecule has 2 aliphatic heterocycles. The van der Waals surface area contributed by atoms with Crippen LogP contribution in [-0.2, 0) is 4.79 Å². The molecule has 0 spiro atoms. The number of nitrogens with zero attached hydrogens (tertiary/aromatic N) is 6. The SMILES string of the molecule is O=C(C[NH+]1CCN(c2nnnn2-c2ccccc2)CC1)N1CCCCCC1. The summed E-state index contributed by atoms with van der Waals surface area (Å²) >= 11 is 0. The first-order valence-corrected chi connectivity index (χ1v) is 10.0. The Bertz CT molecular complexity index is 732. The highest BCUT2D eigenvalue weighted by molar-refractivity contribution is 5.77. The summed E-state index contributed by atoms with van der Waals surface area (Å²) in [6.45, 7) is 6.06. The fraction of sp³-hybridized carbons (Fsp3) is 0.579. The number of hydrogen-bond acceptors (Lipinski definition) is 5. The molecule has 0 radical (unpaired) electrons. The lowest BCUT2D eigenvalue weighted by Gasteiger charge is -2.33. The summed E-state index contributed by atoms with van der Waals surface area (Å²) in [5, 5.41) is 12.2. The van der Waals surface area contributed by atoms with E-state index in [4.69, 9.17) is 0 Å². The first-order valence-electron chi connectivity index (χ1n) is 10.0. The van der Waals surface area contributed by atoms with Crippen LogP contribution in [0, 0.1) is 0 Å². The van der Waals surface area contributed by atoms with Crippen molar-refractivity contribution < 1.29 is 9.69 Å². The Morgan fingerprint density at radius 3 is 2.37 bits per heavy atom. The highest BCUT2D eigenvalue weighted by Gasteiger charge is 2.27. The molecule has 8 nitrogen and oxygen atoms in total. The van der Waals surface area contributed by atoms with Crippen LogP contribution in [0.3, 0.4) is 0 Å². The molecule has 2 saturated heterocycles. The molecule has 8 heteroatoms. The van der Waals surface area contributed by atoms with E-state index in [0.717, 1.165) is 63.7 Å². The third kappa shape index (κ3) is 4.27. The number of rotatable bonds is 4. The number of anilines is 1. The van der Waals surface area contributed by atoms with E-state index in [2.05, 4.69) is 25.3 Å². The summed E-state index contributed by atoms with van der Waals surface area (Å²) in [7, 11) is 0. The lowest BCUT2D eigenvalue weighted by atomic mass is 10.2. The number of amides is 1. The van der Waals surface area contributed by atoms with Crippen molar-refractivity contribution in [2.45, 2.75) is 25.7 Å². The molecular weight excluding hydrogens is 342 g/mol. The van der Waals surface area contributed by atoms with Gasteiger partial charge in [-0.3, -0.25) is 4.79 Å². The van der Waals surface area contributed by atoms with Gasteiger partial charge in [0.2, 0.25) is 0 Å². The van der Waals surface area contributed by atoms with Gasteiger partial charge in [-0.15, -0.1) is 0 Å². The number of quaternary nitrogens is 1. The van der Waals surface area contributed by atoms with Crippen molar-refractivity contribution >= 4 is 11.9 Å². The Morgan fingerprint density at radius 2 is 1.67 bits per heavy atom. The summed E-state index contributed by atoms with van der Waals surface area (Å²) < 4.78 is 1.79. The van der Waals surface area contributed by atoms with Gasteiger partial charge in [-0.2, -0.15) is 4.68 Å². The lowest BCUT2D eigenvalue weighted by molar-refractivity contribution is -0.892. The first kappa shape index (κ1) is 17.9. The maximum Gasteiger partial charge on any atom is 0.277 e. The number of para-hydroxylation sites is 1. The van der Waals surface area contributed by atoms with Gasteiger partial charge in [-0.05, 0) is 35.4 Å². The highest BCUT2D eigenvalue weighted by Crippen LogP contribution is 2.15. The summed E-state index contributed by atoms with van der Waals surface area (Å²) in [5.74, 6) is 1.09. The minimum atomic E-state index is 0.314. The van der Waals surface area contributed by atoms with Gasteiger partial charge in [0.15, 0.2) is 6.54 Å². The van der Waals surface area contributed by atoms with E-state index in [1.165, 1.54) is 17.7 Å². The molecule has 0 saturated carbocycles. The van der Waals surface area contributed by atoms with Gasteiger partial charge >= 0.3 is 0 Å². The van der Waals surface area contributed by atoms with Gasteiger partial charge in [0.1, 0.15) is 0 Å². The monoisotopic (exact) mass is 370 g/mol. The van der Waals surface area contributed by atoms with Crippen LogP contribution < -0.4 is 9.80 Å². The highest BCUT2D eigenvalue weighted by atomic mass is 16.2. The molecule has 2 aromatic rings. The van der Waals surface area contributed by atoms with Crippen LogP contribution in [0.5, 0.6) is 0 Å². The third-order valence-corrected chi connectivity index (χ3v) is 5.57. The molecule has 0 bridgehead atoms. The zero-order chi connectivity index (χ0) is 18.5. The molecule has 4 rings (SSSR count). The van der Waals surface area contributed by atoms with E-state index in [-0.39, 0.29) is 0 Å². The van der Waals surface area contributed by atoms with Crippen molar-refractivity contribution in [2.24, 2.45) is 0 Å². The van der Waals surface area contributed by atoms with Gasteiger partial charge in [0.05, 0.1) is 31.9 Å². The number of tetrazole rings is 1. The second-order valence-electron chi connectivity index (χ2n) is 7.44. The second-order valence-corrected chi connectivity index (χ2v) is 7.44. The third-order valence-electron chi connectivity index (χ3n) is 5.57. The van der Waals surface area contributed by atoms with Crippen LogP contribution >= 0.6 is 0 Å². The zero-order valence-electron chi connectivity index (χ0n) is 15.8. The second kappa shape index (κ2) is 8.47. The smallest absolute Gasteiger partial charge is 0.277 e. The fourth-order valence-corrected chi connectivity index (χ4v) is 3.96. The Balaban J connectivity index is 1.33. The average Bonchev–Trinajstić information content (AvgIpc) is 3.04. The summed E-state index contributed by atoms with van der Waals surface area (Å²) in [6, 6.07) is 9.95. The molecule has 1 aromatic carbocycles. The minimum absolute atomic E-state index is 0.314. The molecule has 2 aliphatic rings. The Morgan fingerprint density at radius 1 is 0.963 bits per heavy atom. The van der Waals surface area contributed by atoms with Crippen LogP contribution in [0.4, 0.5) is 5.95 Å². The number of likely N-dealkylation sites (tertiary alicyclic amines) is 1. The van der Waals surface area contributed by atoms with Crippen LogP contribution in [-0.4, -0.2) is 76.8 Å². The fourth-order valence-electron chi connectivity index (χ4n) is 3.96. The molecular formula is C19H28N7O+. The number of aromatic nitrogens is 4. The minimum Gasteiger partial charge on any atom is -0.338 e. The van der Waals surface area contributed by atoms with E-state index in [1.807, 2.05) is 30.3 Å². The number of hydrogen-bond donors (Lipinski definition) is 1. The van der Waals surface area contributed by atoms with Crippen LogP contribution in [0.2, 0.25) is 0 Å². The average molecular weight is 370 g/mol. The Labute approximate surface area is 159 Å². The molecule has 0 atom stereocenters. The van der Waals surface area contributed by atoms with Gasteiger partial charge < -0.3 is 14.7 Å². The normalized spacial score (nSPS) is 19.1. The molecule has 1 amide bonds. The van der Waals surface area contributed by atoms with Crippen molar-refractivity contribution in [3.8, 4) is 5.69 Å². The Kier molecular flexibility index (Phi) is 5.62. The van der Waals surface area contributed by atoms with Crippen molar-refractivity contribution in [2.75, 3.05) is 50.7 Å². The van der Waals surface area contributed by atoms with Crippen molar-refractivity contribution in [1.82, 2.24) is 25.1 Å². The first-order chi connectivity index (χ1) is 13.3. The van der Waals surface area contributed by atoms with E-state index in [1.54, 1.807) is 4.68 Å². The molecule has 0 unspecified atom stereocenters. The maximum absolute atomic E-state index is 12.6. The number of carbonyl (C=O) groups is 1.